The first-order valence-electron chi connectivity index (χ1n) is 6.49. The Bertz CT molecular complexity index is 358. The number of thioether (sulfide) groups is 1. The van der Waals surface area contributed by atoms with Crippen LogP contribution in [0.3, 0.4) is 0 Å². The van der Waals surface area contributed by atoms with Gasteiger partial charge in [-0.05, 0) is 24.5 Å². The summed E-state index contributed by atoms with van der Waals surface area (Å²) in [6.07, 6.45) is 3.14. The van der Waals surface area contributed by atoms with Gasteiger partial charge in [-0.2, -0.15) is 0 Å². The number of nitrogens with zero attached hydrogens (tertiary/aromatic N) is 1. The average molecular weight is 268 g/mol. The monoisotopic (exact) mass is 268 g/mol. The molecule has 0 fully saturated rings. The minimum Gasteiger partial charge on any atom is -0.383 e. The number of hydrogen-bond donors (Lipinski definition) is 1. The topological polar surface area (TPSA) is 34.2 Å². The molecule has 4 heteroatoms. The van der Waals surface area contributed by atoms with Crippen LogP contribution in [0.5, 0.6) is 0 Å². The third kappa shape index (κ3) is 5.38. The van der Waals surface area contributed by atoms with E-state index in [4.69, 9.17) is 4.74 Å². The summed E-state index contributed by atoms with van der Waals surface area (Å²) in [7, 11) is 1.72. The number of hydrogen-bond acceptors (Lipinski definition) is 4. The van der Waals surface area contributed by atoms with Crippen LogP contribution in [-0.4, -0.2) is 30.5 Å². The molecule has 0 aliphatic carbocycles. The lowest BCUT2D eigenvalue weighted by Gasteiger charge is -2.11. The predicted octanol–water partition coefficient (Wildman–Crippen LogP) is 3.02. The Morgan fingerprint density at radius 3 is 2.89 bits per heavy atom. The molecule has 1 aromatic rings. The fourth-order valence-electron chi connectivity index (χ4n) is 1.52. The number of rotatable bonds is 8. The highest BCUT2D eigenvalue weighted by atomic mass is 32.2. The van der Waals surface area contributed by atoms with Gasteiger partial charge >= 0.3 is 0 Å². The molecular formula is C14H24N2OS. The van der Waals surface area contributed by atoms with E-state index in [2.05, 4.69) is 37.1 Å². The number of aryl methyl sites for hydroxylation is 1. The van der Waals surface area contributed by atoms with Crippen molar-refractivity contribution in [1.82, 2.24) is 10.3 Å². The Balaban J connectivity index is 2.51. The summed E-state index contributed by atoms with van der Waals surface area (Å²) in [6, 6.07) is 2.22. The van der Waals surface area contributed by atoms with E-state index in [1.165, 1.54) is 17.5 Å². The van der Waals surface area contributed by atoms with E-state index in [0.717, 1.165) is 24.7 Å². The summed E-state index contributed by atoms with van der Waals surface area (Å²) in [6.45, 7) is 9.06. The van der Waals surface area contributed by atoms with Gasteiger partial charge < -0.3 is 10.1 Å². The standard InChI is InChI=1S/C14H24N2OS/c1-5-12(3)18-14-11(2)8-13(10-16-14)9-15-6-7-17-4/h8,10,12,15H,5-7,9H2,1-4H3. The largest absolute Gasteiger partial charge is 0.383 e. The first-order chi connectivity index (χ1) is 8.67. The fraction of sp³-hybridized carbons (Fsp3) is 0.643. The molecule has 0 radical (unpaired) electrons. The van der Waals surface area contributed by atoms with Crippen LogP contribution in [0, 0.1) is 6.92 Å². The zero-order valence-electron chi connectivity index (χ0n) is 11.8. The smallest absolute Gasteiger partial charge is 0.0991 e. The SMILES string of the molecule is CCC(C)Sc1ncc(CNCCOC)cc1C. The first kappa shape index (κ1) is 15.5. The van der Waals surface area contributed by atoms with Gasteiger partial charge in [0.2, 0.25) is 0 Å². The second-order valence-corrected chi connectivity index (χ2v) is 5.90. The third-order valence-electron chi connectivity index (χ3n) is 2.79. The van der Waals surface area contributed by atoms with Gasteiger partial charge in [-0.3, -0.25) is 0 Å². The van der Waals surface area contributed by atoms with Crippen LogP contribution in [-0.2, 0) is 11.3 Å². The van der Waals surface area contributed by atoms with Gasteiger partial charge in [0.1, 0.15) is 0 Å². The van der Waals surface area contributed by atoms with Crippen molar-refractivity contribution in [3.63, 3.8) is 0 Å². The van der Waals surface area contributed by atoms with E-state index in [9.17, 15) is 0 Å². The fourth-order valence-corrected chi connectivity index (χ4v) is 2.43. The van der Waals surface area contributed by atoms with Gasteiger partial charge in [-0.1, -0.05) is 19.9 Å². The molecule has 0 bridgehead atoms. The van der Waals surface area contributed by atoms with Gasteiger partial charge in [-0.15, -0.1) is 11.8 Å². The van der Waals surface area contributed by atoms with Crippen LogP contribution < -0.4 is 5.32 Å². The van der Waals surface area contributed by atoms with Crippen LogP contribution in [0.1, 0.15) is 31.4 Å². The van der Waals surface area contributed by atoms with Crippen LogP contribution in [0.2, 0.25) is 0 Å². The summed E-state index contributed by atoms with van der Waals surface area (Å²) >= 11 is 1.86. The first-order valence-corrected chi connectivity index (χ1v) is 7.37. The van der Waals surface area contributed by atoms with E-state index in [-0.39, 0.29) is 0 Å². The third-order valence-corrected chi connectivity index (χ3v) is 4.17. The van der Waals surface area contributed by atoms with Gasteiger partial charge in [0.05, 0.1) is 11.6 Å². The minimum atomic E-state index is 0.627. The molecule has 0 aromatic carbocycles. The maximum atomic E-state index is 5.00. The number of nitrogens with one attached hydrogen (secondary N) is 1. The minimum absolute atomic E-state index is 0.627. The predicted molar refractivity (Wildman–Crippen MR) is 78.2 cm³/mol. The quantitative estimate of drug-likeness (QED) is 0.580. The molecule has 18 heavy (non-hydrogen) atoms. The molecule has 1 N–H and O–H groups in total. The summed E-state index contributed by atoms with van der Waals surface area (Å²) in [5, 5.41) is 5.11. The second kappa shape index (κ2) is 8.51. The van der Waals surface area contributed by atoms with E-state index in [0.29, 0.717) is 5.25 Å². The van der Waals surface area contributed by atoms with Crippen molar-refractivity contribution in [2.45, 2.75) is 44.0 Å². The Labute approximate surface area is 115 Å². The van der Waals surface area contributed by atoms with E-state index >= 15 is 0 Å². The zero-order chi connectivity index (χ0) is 13.4. The summed E-state index contributed by atoms with van der Waals surface area (Å²) in [5.74, 6) is 0. The Morgan fingerprint density at radius 1 is 1.50 bits per heavy atom. The number of methoxy groups -OCH3 is 1. The molecule has 0 amide bonds. The molecule has 1 heterocycles. The Kier molecular flexibility index (Phi) is 7.32. The summed E-state index contributed by atoms with van der Waals surface area (Å²) in [4.78, 5) is 4.56. The van der Waals surface area contributed by atoms with Crippen molar-refractivity contribution in [3.05, 3.63) is 23.4 Å². The highest BCUT2D eigenvalue weighted by Crippen LogP contribution is 2.26. The van der Waals surface area contributed by atoms with Crippen molar-refractivity contribution in [2.75, 3.05) is 20.3 Å². The molecule has 1 unspecified atom stereocenters. The van der Waals surface area contributed by atoms with Gasteiger partial charge in [0.25, 0.3) is 0 Å². The van der Waals surface area contributed by atoms with E-state index in [1.807, 2.05) is 18.0 Å². The summed E-state index contributed by atoms with van der Waals surface area (Å²) < 4.78 is 5.00. The van der Waals surface area contributed by atoms with Crippen molar-refractivity contribution >= 4 is 11.8 Å². The Hall–Kier alpha value is -0.580. The number of aromatic nitrogens is 1. The van der Waals surface area contributed by atoms with E-state index < -0.39 is 0 Å². The molecule has 0 saturated carbocycles. The molecule has 3 nitrogen and oxygen atoms in total. The molecular weight excluding hydrogens is 244 g/mol. The molecule has 102 valence electrons. The van der Waals surface area contributed by atoms with Gasteiger partial charge in [0.15, 0.2) is 0 Å². The highest BCUT2D eigenvalue weighted by Gasteiger charge is 2.06. The lowest BCUT2D eigenvalue weighted by Crippen LogP contribution is -2.18. The molecule has 1 rings (SSSR count). The lowest BCUT2D eigenvalue weighted by molar-refractivity contribution is 0.199. The number of pyridine rings is 1. The molecule has 0 saturated heterocycles. The van der Waals surface area contributed by atoms with Crippen LogP contribution >= 0.6 is 11.8 Å². The highest BCUT2D eigenvalue weighted by molar-refractivity contribution is 7.99. The lowest BCUT2D eigenvalue weighted by atomic mass is 10.2. The Morgan fingerprint density at radius 2 is 2.28 bits per heavy atom. The maximum absolute atomic E-state index is 5.00. The normalized spacial score (nSPS) is 12.7. The molecule has 1 atom stereocenters. The van der Waals surface area contributed by atoms with Gasteiger partial charge in [0, 0.05) is 31.6 Å². The van der Waals surface area contributed by atoms with Gasteiger partial charge in [-0.25, -0.2) is 4.98 Å². The molecule has 0 spiro atoms. The van der Waals surface area contributed by atoms with Crippen molar-refractivity contribution in [1.29, 1.82) is 0 Å². The second-order valence-electron chi connectivity index (χ2n) is 4.47. The van der Waals surface area contributed by atoms with Crippen LogP contribution in [0.25, 0.3) is 0 Å². The molecule has 1 aromatic heterocycles. The molecule has 0 aliphatic rings. The van der Waals surface area contributed by atoms with Crippen molar-refractivity contribution in [2.24, 2.45) is 0 Å². The molecule has 0 aliphatic heterocycles. The average Bonchev–Trinajstić information content (AvgIpc) is 2.37. The summed E-state index contributed by atoms with van der Waals surface area (Å²) in [5.41, 5.74) is 2.50. The number of ether oxygens (including phenoxy) is 1. The van der Waals surface area contributed by atoms with Crippen LogP contribution in [0.15, 0.2) is 17.3 Å². The zero-order valence-corrected chi connectivity index (χ0v) is 12.6. The van der Waals surface area contributed by atoms with E-state index in [1.54, 1.807) is 7.11 Å². The maximum Gasteiger partial charge on any atom is 0.0991 e. The van der Waals surface area contributed by atoms with Crippen LogP contribution in [0.4, 0.5) is 0 Å². The van der Waals surface area contributed by atoms with Crippen molar-refractivity contribution < 1.29 is 4.74 Å². The van der Waals surface area contributed by atoms with Crippen molar-refractivity contribution in [3.8, 4) is 0 Å².